The van der Waals surface area contributed by atoms with E-state index < -0.39 is 0 Å². The van der Waals surface area contributed by atoms with E-state index in [4.69, 9.17) is 4.74 Å². The van der Waals surface area contributed by atoms with Crippen LogP contribution in [-0.2, 0) is 6.54 Å². The van der Waals surface area contributed by atoms with Crippen molar-refractivity contribution in [1.82, 2.24) is 10.3 Å². The van der Waals surface area contributed by atoms with Gasteiger partial charge in [-0.05, 0) is 48.9 Å². The molecule has 0 amide bonds. The second-order valence-corrected chi connectivity index (χ2v) is 5.49. The molecule has 1 aromatic heterocycles. The Kier molecular flexibility index (Phi) is 5.17. The summed E-state index contributed by atoms with van der Waals surface area (Å²) in [4.78, 5) is 14.8. The summed E-state index contributed by atoms with van der Waals surface area (Å²) in [7, 11) is 1.82. The van der Waals surface area contributed by atoms with Crippen LogP contribution >= 0.6 is 0 Å². The van der Waals surface area contributed by atoms with Gasteiger partial charge < -0.3 is 15.0 Å². The molecule has 0 radical (unpaired) electrons. The van der Waals surface area contributed by atoms with Crippen molar-refractivity contribution in [3.8, 4) is 17.0 Å². The van der Waals surface area contributed by atoms with E-state index >= 15 is 0 Å². The first-order chi connectivity index (χ1) is 10.1. The molecular formula is C17H22N2O2. The molecule has 4 nitrogen and oxygen atoms in total. The summed E-state index contributed by atoms with van der Waals surface area (Å²) in [6.45, 7) is 5.50. The summed E-state index contributed by atoms with van der Waals surface area (Å²) in [5.41, 5.74) is 2.47. The minimum Gasteiger partial charge on any atom is -0.493 e. The summed E-state index contributed by atoms with van der Waals surface area (Å²) in [6.07, 6.45) is 0. The van der Waals surface area contributed by atoms with Crippen molar-refractivity contribution in [3.05, 3.63) is 52.3 Å². The first-order valence-corrected chi connectivity index (χ1v) is 7.20. The molecule has 0 saturated carbocycles. The second kappa shape index (κ2) is 7.09. The van der Waals surface area contributed by atoms with Gasteiger partial charge in [0.2, 0.25) is 0 Å². The molecule has 0 aliphatic carbocycles. The number of ether oxygens (including phenoxy) is 1. The fourth-order valence-electron chi connectivity index (χ4n) is 2.00. The summed E-state index contributed by atoms with van der Waals surface area (Å²) >= 11 is 0. The maximum absolute atomic E-state index is 11.9. The van der Waals surface area contributed by atoms with Crippen LogP contribution in [0.5, 0.6) is 5.75 Å². The summed E-state index contributed by atoms with van der Waals surface area (Å²) in [5.74, 6) is 1.35. The third-order valence-electron chi connectivity index (χ3n) is 3.11. The largest absolute Gasteiger partial charge is 0.493 e. The Morgan fingerprint density at radius 1 is 1.14 bits per heavy atom. The zero-order chi connectivity index (χ0) is 15.2. The molecule has 0 bridgehead atoms. The summed E-state index contributed by atoms with van der Waals surface area (Å²) in [6, 6.07) is 11.6. The lowest BCUT2D eigenvalue weighted by Gasteiger charge is -2.09. The van der Waals surface area contributed by atoms with Gasteiger partial charge in [-0.25, -0.2) is 0 Å². The highest BCUT2D eigenvalue weighted by molar-refractivity contribution is 5.60. The van der Waals surface area contributed by atoms with Crippen molar-refractivity contribution >= 4 is 0 Å². The lowest BCUT2D eigenvalue weighted by molar-refractivity contribution is 0.271. The van der Waals surface area contributed by atoms with Crippen LogP contribution in [0.25, 0.3) is 11.3 Å². The van der Waals surface area contributed by atoms with Gasteiger partial charge in [-0.1, -0.05) is 19.9 Å². The zero-order valence-electron chi connectivity index (χ0n) is 12.8. The molecule has 112 valence electrons. The quantitative estimate of drug-likeness (QED) is 0.858. The molecule has 0 aliphatic heterocycles. The number of aromatic nitrogens is 1. The van der Waals surface area contributed by atoms with Crippen molar-refractivity contribution < 1.29 is 4.74 Å². The lowest BCUT2D eigenvalue weighted by Crippen LogP contribution is -2.18. The topological polar surface area (TPSA) is 54.1 Å². The third-order valence-corrected chi connectivity index (χ3v) is 3.11. The van der Waals surface area contributed by atoms with Gasteiger partial charge in [0.25, 0.3) is 5.56 Å². The van der Waals surface area contributed by atoms with Crippen molar-refractivity contribution in [1.29, 1.82) is 0 Å². The Labute approximate surface area is 125 Å². The maximum Gasteiger partial charge on any atom is 0.252 e. The lowest BCUT2D eigenvalue weighted by atomic mass is 10.1. The number of nitrogens with one attached hydrogen (secondary N) is 2. The fourth-order valence-corrected chi connectivity index (χ4v) is 2.00. The summed E-state index contributed by atoms with van der Waals surface area (Å²) < 4.78 is 5.65. The fraction of sp³-hybridized carbons (Fsp3) is 0.353. The van der Waals surface area contributed by atoms with E-state index in [-0.39, 0.29) is 5.56 Å². The molecule has 0 fully saturated rings. The normalized spacial score (nSPS) is 10.9. The number of benzene rings is 1. The van der Waals surface area contributed by atoms with Gasteiger partial charge in [-0.3, -0.25) is 4.79 Å². The molecule has 4 heteroatoms. The first kappa shape index (κ1) is 15.3. The van der Waals surface area contributed by atoms with Gasteiger partial charge in [0, 0.05) is 17.8 Å². The Balaban J connectivity index is 2.15. The molecule has 0 aliphatic rings. The van der Waals surface area contributed by atoms with E-state index in [1.165, 1.54) is 0 Å². The van der Waals surface area contributed by atoms with Gasteiger partial charge in [0.1, 0.15) is 5.75 Å². The number of aromatic amines is 1. The van der Waals surface area contributed by atoms with Gasteiger partial charge in [-0.2, -0.15) is 0 Å². The van der Waals surface area contributed by atoms with Crippen molar-refractivity contribution in [2.75, 3.05) is 13.7 Å². The van der Waals surface area contributed by atoms with Gasteiger partial charge >= 0.3 is 0 Å². The standard InChI is InChI=1S/C17H22N2O2/c1-12(2)11-21-15-7-4-13(5-8-15)16-9-6-14(10-18-3)17(20)19-16/h4-9,12,18H,10-11H2,1-3H3,(H,19,20). The zero-order valence-corrected chi connectivity index (χ0v) is 12.8. The minimum absolute atomic E-state index is 0.0537. The predicted octanol–water partition coefficient (Wildman–Crippen LogP) is 2.80. The van der Waals surface area contributed by atoms with E-state index in [2.05, 4.69) is 24.1 Å². The van der Waals surface area contributed by atoms with E-state index in [9.17, 15) is 4.79 Å². The van der Waals surface area contributed by atoms with Crippen LogP contribution in [0.2, 0.25) is 0 Å². The van der Waals surface area contributed by atoms with Crippen LogP contribution in [-0.4, -0.2) is 18.6 Å². The molecular weight excluding hydrogens is 264 g/mol. The average Bonchev–Trinajstić information content (AvgIpc) is 2.48. The third kappa shape index (κ3) is 4.20. The number of H-pyrrole nitrogens is 1. The molecule has 2 rings (SSSR count). The van der Waals surface area contributed by atoms with Gasteiger partial charge in [0.15, 0.2) is 0 Å². The SMILES string of the molecule is CNCc1ccc(-c2ccc(OCC(C)C)cc2)[nH]c1=O. The van der Waals surface area contributed by atoms with Crippen LogP contribution in [0.4, 0.5) is 0 Å². The molecule has 21 heavy (non-hydrogen) atoms. The van der Waals surface area contributed by atoms with Crippen molar-refractivity contribution in [2.24, 2.45) is 5.92 Å². The van der Waals surface area contributed by atoms with E-state index in [0.717, 1.165) is 22.6 Å². The minimum atomic E-state index is -0.0537. The van der Waals surface area contributed by atoms with E-state index in [1.54, 1.807) is 0 Å². The molecule has 0 unspecified atom stereocenters. The predicted molar refractivity (Wildman–Crippen MR) is 85.6 cm³/mol. The number of rotatable bonds is 6. The van der Waals surface area contributed by atoms with E-state index in [1.807, 2.05) is 43.4 Å². The highest BCUT2D eigenvalue weighted by Gasteiger charge is 2.03. The number of pyridine rings is 1. The smallest absolute Gasteiger partial charge is 0.252 e. The van der Waals surface area contributed by atoms with Gasteiger partial charge in [0.05, 0.1) is 6.61 Å². The average molecular weight is 286 g/mol. The van der Waals surface area contributed by atoms with Crippen LogP contribution in [0.15, 0.2) is 41.2 Å². The van der Waals surface area contributed by atoms with Crippen LogP contribution in [0.1, 0.15) is 19.4 Å². The summed E-state index contributed by atoms with van der Waals surface area (Å²) in [5, 5.41) is 2.98. The van der Waals surface area contributed by atoms with Crippen LogP contribution in [0, 0.1) is 5.92 Å². The monoisotopic (exact) mass is 286 g/mol. The molecule has 2 N–H and O–H groups in total. The Morgan fingerprint density at radius 3 is 2.43 bits per heavy atom. The van der Waals surface area contributed by atoms with Crippen LogP contribution in [0.3, 0.4) is 0 Å². The molecule has 2 aromatic rings. The first-order valence-electron chi connectivity index (χ1n) is 7.20. The number of hydrogen-bond donors (Lipinski definition) is 2. The van der Waals surface area contributed by atoms with Gasteiger partial charge in [-0.15, -0.1) is 0 Å². The Bertz CT molecular complexity index is 630. The highest BCUT2D eigenvalue weighted by atomic mass is 16.5. The Morgan fingerprint density at radius 2 is 1.86 bits per heavy atom. The molecule has 0 saturated heterocycles. The van der Waals surface area contributed by atoms with Crippen LogP contribution < -0.4 is 15.6 Å². The number of hydrogen-bond acceptors (Lipinski definition) is 3. The highest BCUT2D eigenvalue weighted by Crippen LogP contribution is 2.20. The Hall–Kier alpha value is -2.07. The second-order valence-electron chi connectivity index (χ2n) is 5.49. The van der Waals surface area contributed by atoms with Crippen molar-refractivity contribution in [3.63, 3.8) is 0 Å². The molecule has 1 aromatic carbocycles. The molecule has 1 heterocycles. The maximum atomic E-state index is 11.9. The molecule has 0 atom stereocenters. The van der Waals surface area contributed by atoms with E-state index in [0.29, 0.717) is 19.1 Å². The van der Waals surface area contributed by atoms with Crippen molar-refractivity contribution in [2.45, 2.75) is 20.4 Å². The molecule has 0 spiro atoms.